The van der Waals surface area contributed by atoms with Gasteiger partial charge in [-0.2, -0.15) is 13.2 Å². The third kappa shape index (κ3) is 3.42. The average Bonchev–Trinajstić information content (AvgIpc) is 2.57. The Kier molecular flexibility index (Phi) is 3.53. The van der Waals surface area contributed by atoms with Gasteiger partial charge in [0.25, 0.3) is 0 Å². The van der Waals surface area contributed by atoms with E-state index in [2.05, 4.69) is 0 Å². The normalized spacial score (nSPS) is 24.9. The SMILES string of the molecule is OC1(c2cc(F)cc(F)c2)CCN(CC(F)(F)F)C1. The lowest BCUT2D eigenvalue weighted by atomic mass is 9.93. The molecule has 0 aliphatic carbocycles. The lowest BCUT2D eigenvalue weighted by molar-refractivity contribution is -0.145. The Morgan fingerprint density at radius 2 is 1.74 bits per heavy atom. The van der Waals surface area contributed by atoms with Crippen LogP contribution in [-0.2, 0) is 5.60 Å². The molecule has 19 heavy (non-hydrogen) atoms. The summed E-state index contributed by atoms with van der Waals surface area (Å²) in [6.45, 7) is -1.42. The first-order valence-corrected chi connectivity index (χ1v) is 5.66. The fourth-order valence-electron chi connectivity index (χ4n) is 2.32. The second kappa shape index (κ2) is 4.72. The van der Waals surface area contributed by atoms with Crippen LogP contribution in [0.25, 0.3) is 0 Å². The highest BCUT2D eigenvalue weighted by molar-refractivity contribution is 5.26. The molecule has 1 unspecified atom stereocenters. The van der Waals surface area contributed by atoms with Gasteiger partial charge in [0.05, 0.1) is 6.54 Å². The molecule has 1 aromatic carbocycles. The summed E-state index contributed by atoms with van der Waals surface area (Å²) in [5.74, 6) is -1.73. The van der Waals surface area contributed by atoms with Crippen molar-refractivity contribution in [3.05, 3.63) is 35.4 Å². The van der Waals surface area contributed by atoms with Crippen LogP contribution in [0.1, 0.15) is 12.0 Å². The van der Waals surface area contributed by atoms with E-state index in [0.29, 0.717) is 6.07 Å². The number of benzene rings is 1. The van der Waals surface area contributed by atoms with Crippen LogP contribution in [0.3, 0.4) is 0 Å². The van der Waals surface area contributed by atoms with Gasteiger partial charge in [-0.25, -0.2) is 8.78 Å². The summed E-state index contributed by atoms with van der Waals surface area (Å²) in [6.07, 6.45) is -4.36. The van der Waals surface area contributed by atoms with Gasteiger partial charge in [0.2, 0.25) is 0 Å². The molecule has 1 aliphatic rings. The standard InChI is InChI=1S/C12H12F5NO/c13-9-3-8(4-10(14)5-9)11(19)1-2-18(6-11)7-12(15,16)17/h3-5,19H,1-2,6-7H2. The van der Waals surface area contributed by atoms with E-state index in [1.807, 2.05) is 0 Å². The average molecular weight is 281 g/mol. The van der Waals surface area contributed by atoms with Crippen LogP contribution in [0.4, 0.5) is 22.0 Å². The van der Waals surface area contributed by atoms with Crippen LogP contribution in [0.5, 0.6) is 0 Å². The molecule has 1 atom stereocenters. The number of aliphatic hydroxyl groups is 1. The topological polar surface area (TPSA) is 23.5 Å². The number of hydrogen-bond donors (Lipinski definition) is 1. The molecule has 1 aliphatic heterocycles. The molecular weight excluding hydrogens is 269 g/mol. The first-order valence-electron chi connectivity index (χ1n) is 5.66. The van der Waals surface area contributed by atoms with E-state index in [4.69, 9.17) is 0 Å². The Bertz CT molecular complexity index is 455. The highest BCUT2D eigenvalue weighted by Crippen LogP contribution is 2.34. The van der Waals surface area contributed by atoms with Gasteiger partial charge in [0.15, 0.2) is 0 Å². The lowest BCUT2D eigenvalue weighted by Crippen LogP contribution is -2.36. The molecule has 0 bridgehead atoms. The van der Waals surface area contributed by atoms with Crippen LogP contribution in [0.15, 0.2) is 18.2 Å². The Morgan fingerprint density at radius 1 is 1.16 bits per heavy atom. The Hall–Kier alpha value is -1.21. The van der Waals surface area contributed by atoms with Crippen LogP contribution in [0, 0.1) is 11.6 Å². The van der Waals surface area contributed by atoms with E-state index in [-0.39, 0.29) is 25.1 Å². The zero-order valence-electron chi connectivity index (χ0n) is 9.84. The second-order valence-corrected chi connectivity index (χ2v) is 4.77. The maximum atomic E-state index is 13.1. The van der Waals surface area contributed by atoms with Crippen molar-refractivity contribution in [2.75, 3.05) is 19.6 Å². The maximum absolute atomic E-state index is 13.1. The lowest BCUT2D eigenvalue weighted by Gasteiger charge is -2.24. The van der Waals surface area contributed by atoms with Crippen molar-refractivity contribution in [2.45, 2.75) is 18.2 Å². The number of β-amino-alcohol motifs (C(OH)–C–C–N with tert-alkyl or cyclic N) is 1. The molecule has 0 aromatic heterocycles. The van der Waals surface area contributed by atoms with Crippen molar-refractivity contribution in [3.8, 4) is 0 Å². The van der Waals surface area contributed by atoms with Gasteiger partial charge in [0, 0.05) is 19.2 Å². The molecule has 0 spiro atoms. The van der Waals surface area contributed by atoms with E-state index in [1.165, 1.54) is 0 Å². The van der Waals surface area contributed by atoms with Gasteiger partial charge in [-0.3, -0.25) is 4.90 Å². The van der Waals surface area contributed by atoms with E-state index in [0.717, 1.165) is 17.0 Å². The molecule has 2 rings (SSSR count). The van der Waals surface area contributed by atoms with Gasteiger partial charge in [-0.15, -0.1) is 0 Å². The number of likely N-dealkylation sites (tertiary alicyclic amines) is 1. The summed E-state index contributed by atoms with van der Waals surface area (Å²) < 4.78 is 62.9. The van der Waals surface area contributed by atoms with Crippen molar-refractivity contribution < 1.29 is 27.1 Å². The molecule has 0 saturated carbocycles. The van der Waals surface area contributed by atoms with Crippen molar-refractivity contribution >= 4 is 0 Å². The van der Waals surface area contributed by atoms with E-state index in [1.54, 1.807) is 0 Å². The van der Waals surface area contributed by atoms with Crippen LogP contribution < -0.4 is 0 Å². The quantitative estimate of drug-likeness (QED) is 0.842. The van der Waals surface area contributed by atoms with Crippen LogP contribution in [-0.4, -0.2) is 35.8 Å². The minimum atomic E-state index is -4.36. The van der Waals surface area contributed by atoms with Gasteiger partial charge >= 0.3 is 6.18 Å². The van der Waals surface area contributed by atoms with E-state index in [9.17, 15) is 27.1 Å². The third-order valence-electron chi connectivity index (χ3n) is 3.13. The monoisotopic (exact) mass is 281 g/mol. The molecule has 1 heterocycles. The van der Waals surface area contributed by atoms with E-state index >= 15 is 0 Å². The smallest absolute Gasteiger partial charge is 0.384 e. The Morgan fingerprint density at radius 3 is 2.26 bits per heavy atom. The predicted molar refractivity (Wildman–Crippen MR) is 57.4 cm³/mol. The summed E-state index contributed by atoms with van der Waals surface area (Å²) in [6, 6.07) is 2.54. The first kappa shape index (κ1) is 14.2. The first-order chi connectivity index (χ1) is 8.68. The third-order valence-corrected chi connectivity index (χ3v) is 3.13. The fourth-order valence-corrected chi connectivity index (χ4v) is 2.32. The van der Waals surface area contributed by atoms with Crippen LogP contribution in [0.2, 0.25) is 0 Å². The largest absolute Gasteiger partial charge is 0.401 e. The molecular formula is C12H12F5NO. The van der Waals surface area contributed by atoms with Gasteiger partial charge in [0.1, 0.15) is 17.2 Å². The number of hydrogen-bond acceptors (Lipinski definition) is 2. The predicted octanol–water partition coefficient (Wildman–Crippen LogP) is 2.42. The van der Waals surface area contributed by atoms with Crippen molar-refractivity contribution in [1.29, 1.82) is 0 Å². The van der Waals surface area contributed by atoms with Crippen molar-refractivity contribution in [1.82, 2.24) is 4.90 Å². The molecule has 1 saturated heterocycles. The van der Waals surface area contributed by atoms with Crippen molar-refractivity contribution in [2.24, 2.45) is 0 Å². The van der Waals surface area contributed by atoms with Gasteiger partial charge < -0.3 is 5.11 Å². The maximum Gasteiger partial charge on any atom is 0.401 e. The number of halogens is 5. The summed E-state index contributed by atoms with van der Waals surface area (Å²) in [5.41, 5.74) is -1.68. The van der Waals surface area contributed by atoms with E-state index < -0.39 is 30.0 Å². The van der Waals surface area contributed by atoms with Crippen molar-refractivity contribution in [3.63, 3.8) is 0 Å². The van der Waals surface area contributed by atoms with Crippen LogP contribution >= 0.6 is 0 Å². The highest BCUT2D eigenvalue weighted by Gasteiger charge is 2.42. The zero-order chi connectivity index (χ0) is 14.3. The zero-order valence-corrected chi connectivity index (χ0v) is 9.84. The minimum absolute atomic E-state index is 0.00593. The van der Waals surface area contributed by atoms with Gasteiger partial charge in [-0.1, -0.05) is 0 Å². The molecule has 2 nitrogen and oxygen atoms in total. The number of nitrogens with zero attached hydrogens (tertiary/aromatic N) is 1. The molecule has 7 heteroatoms. The molecule has 0 amide bonds. The highest BCUT2D eigenvalue weighted by atomic mass is 19.4. The fraction of sp³-hybridized carbons (Fsp3) is 0.500. The molecule has 1 fully saturated rings. The summed E-state index contributed by atoms with van der Waals surface area (Å²) >= 11 is 0. The Labute approximate surface area is 106 Å². The summed E-state index contributed by atoms with van der Waals surface area (Å²) in [7, 11) is 0. The number of rotatable bonds is 2. The second-order valence-electron chi connectivity index (χ2n) is 4.77. The minimum Gasteiger partial charge on any atom is -0.384 e. The molecule has 106 valence electrons. The molecule has 0 radical (unpaired) electrons. The number of alkyl halides is 3. The molecule has 1 N–H and O–H groups in total. The summed E-state index contributed by atoms with van der Waals surface area (Å²) in [4.78, 5) is 1.02. The summed E-state index contributed by atoms with van der Waals surface area (Å²) in [5, 5.41) is 10.2. The molecule has 1 aromatic rings. The Balaban J connectivity index is 2.16. The van der Waals surface area contributed by atoms with Gasteiger partial charge in [-0.05, 0) is 24.1 Å².